The third kappa shape index (κ3) is 11.8. The Bertz CT molecular complexity index is 966. The van der Waals surface area contributed by atoms with E-state index >= 15 is 0 Å². The van der Waals surface area contributed by atoms with Gasteiger partial charge in [-0.1, -0.05) is 32.0 Å². The van der Waals surface area contributed by atoms with Crippen molar-refractivity contribution in [1.82, 2.24) is 15.5 Å². The highest BCUT2D eigenvalue weighted by Crippen LogP contribution is 2.31. The molecular formula is C31H53N3O4S. The van der Waals surface area contributed by atoms with Crippen LogP contribution in [-0.4, -0.2) is 58.0 Å². The summed E-state index contributed by atoms with van der Waals surface area (Å²) >= 11 is 1.60. The van der Waals surface area contributed by atoms with E-state index in [2.05, 4.69) is 24.5 Å². The van der Waals surface area contributed by atoms with E-state index in [1.807, 2.05) is 66.0 Å². The number of hydrogen-bond acceptors (Lipinski definition) is 5. The molecule has 0 bridgehead atoms. The number of nitrogens with zero attached hydrogens (tertiary/aromatic N) is 1. The molecule has 3 atom stereocenters. The fourth-order valence-corrected chi connectivity index (χ4v) is 4.83. The Morgan fingerprint density at radius 3 is 2.10 bits per heavy atom. The normalized spacial score (nSPS) is 14.4. The van der Waals surface area contributed by atoms with E-state index in [-0.39, 0.29) is 17.9 Å². The standard InChI is InChI=1S/C31H53N3O4S/c1-20(2)16-17-22(4)34(28(36)25(18-19-39-12)32-29(37)38-31(9,10)11)26(27(35)33-30(6,7)8)24-15-13-14-21(3)23(24)5/h13-15,20,22,25-26H,16-19H2,1-12H3,(H,32,37)(H,33,35). The number of alkyl carbamates (subject to hydrolysis) is 1. The summed E-state index contributed by atoms with van der Waals surface area (Å²) in [5.74, 6) is 0.602. The number of carbonyl (C=O) groups is 3. The van der Waals surface area contributed by atoms with Crippen LogP contribution in [0.1, 0.15) is 104 Å². The smallest absolute Gasteiger partial charge is 0.408 e. The highest BCUT2D eigenvalue weighted by molar-refractivity contribution is 7.98. The number of amides is 3. The van der Waals surface area contributed by atoms with Gasteiger partial charge in [-0.3, -0.25) is 9.59 Å². The molecule has 7 nitrogen and oxygen atoms in total. The van der Waals surface area contributed by atoms with Gasteiger partial charge in [-0.25, -0.2) is 4.79 Å². The van der Waals surface area contributed by atoms with E-state index in [0.29, 0.717) is 18.1 Å². The minimum absolute atomic E-state index is 0.234. The fraction of sp³-hybridized carbons (Fsp3) is 0.710. The first-order valence-electron chi connectivity index (χ1n) is 14.1. The molecule has 3 amide bonds. The SMILES string of the molecule is CSCCC(NC(=O)OC(C)(C)C)C(=O)N(C(C)CCC(C)C)C(C(=O)NC(C)(C)C)c1cccc(C)c1C. The summed E-state index contributed by atoms with van der Waals surface area (Å²) in [6.07, 6.45) is 3.38. The number of carbonyl (C=O) groups excluding carboxylic acids is 3. The maximum absolute atomic E-state index is 14.5. The third-order valence-corrected chi connectivity index (χ3v) is 7.10. The Morgan fingerprint density at radius 2 is 1.59 bits per heavy atom. The second-order valence-corrected chi connectivity index (χ2v) is 14.0. The Hall–Kier alpha value is -2.22. The second kappa shape index (κ2) is 15.0. The first kappa shape index (κ1) is 34.8. The van der Waals surface area contributed by atoms with Gasteiger partial charge < -0.3 is 20.3 Å². The molecular weight excluding hydrogens is 510 g/mol. The lowest BCUT2D eigenvalue weighted by Crippen LogP contribution is -2.57. The Balaban J connectivity index is 3.72. The molecule has 0 spiro atoms. The molecule has 0 saturated heterocycles. The van der Waals surface area contributed by atoms with Crippen LogP contribution in [0.3, 0.4) is 0 Å². The average Bonchev–Trinajstić information content (AvgIpc) is 2.77. The largest absolute Gasteiger partial charge is 0.444 e. The van der Waals surface area contributed by atoms with Crippen molar-refractivity contribution < 1.29 is 19.1 Å². The van der Waals surface area contributed by atoms with Gasteiger partial charge in [0, 0.05) is 11.6 Å². The lowest BCUT2D eigenvalue weighted by atomic mass is 9.92. The third-order valence-electron chi connectivity index (χ3n) is 6.46. The number of nitrogens with one attached hydrogen (secondary N) is 2. The first-order valence-corrected chi connectivity index (χ1v) is 15.5. The van der Waals surface area contributed by atoms with Crippen molar-refractivity contribution in [3.63, 3.8) is 0 Å². The number of aryl methyl sites for hydroxylation is 1. The van der Waals surface area contributed by atoms with Crippen LogP contribution in [0.25, 0.3) is 0 Å². The predicted octanol–water partition coefficient (Wildman–Crippen LogP) is 6.56. The van der Waals surface area contributed by atoms with Crippen molar-refractivity contribution in [2.24, 2.45) is 5.92 Å². The van der Waals surface area contributed by atoms with Crippen molar-refractivity contribution in [3.05, 3.63) is 34.9 Å². The summed E-state index contributed by atoms with van der Waals surface area (Å²) < 4.78 is 5.50. The van der Waals surface area contributed by atoms with E-state index < -0.39 is 29.3 Å². The van der Waals surface area contributed by atoms with E-state index in [0.717, 1.165) is 29.5 Å². The molecule has 1 rings (SSSR count). The zero-order valence-electron chi connectivity index (χ0n) is 26.4. The maximum Gasteiger partial charge on any atom is 0.408 e. The summed E-state index contributed by atoms with van der Waals surface area (Å²) in [5, 5.41) is 5.95. The van der Waals surface area contributed by atoms with Crippen molar-refractivity contribution in [2.75, 3.05) is 12.0 Å². The zero-order valence-corrected chi connectivity index (χ0v) is 27.2. The second-order valence-electron chi connectivity index (χ2n) is 13.0. The van der Waals surface area contributed by atoms with Crippen molar-refractivity contribution in [1.29, 1.82) is 0 Å². The quantitative estimate of drug-likeness (QED) is 0.301. The fourth-order valence-electron chi connectivity index (χ4n) is 4.36. The van der Waals surface area contributed by atoms with E-state index in [1.54, 1.807) is 37.4 Å². The number of rotatable bonds is 12. The van der Waals surface area contributed by atoms with Crippen LogP contribution in [0.4, 0.5) is 4.79 Å². The number of hydrogen-bond donors (Lipinski definition) is 2. The molecule has 0 aliphatic carbocycles. The van der Waals surface area contributed by atoms with Crippen LogP contribution in [0.15, 0.2) is 18.2 Å². The first-order chi connectivity index (χ1) is 17.9. The Morgan fingerprint density at radius 1 is 0.974 bits per heavy atom. The van der Waals surface area contributed by atoms with E-state index in [1.165, 1.54) is 0 Å². The van der Waals surface area contributed by atoms with Gasteiger partial charge >= 0.3 is 6.09 Å². The zero-order chi connectivity index (χ0) is 30.1. The molecule has 3 unspecified atom stereocenters. The minimum atomic E-state index is -0.851. The molecule has 0 aliphatic rings. The lowest BCUT2D eigenvalue weighted by molar-refractivity contribution is -0.145. The molecule has 0 radical (unpaired) electrons. The van der Waals surface area contributed by atoms with Gasteiger partial charge in [-0.05, 0) is 116 Å². The molecule has 0 heterocycles. The molecule has 0 fully saturated rings. The van der Waals surface area contributed by atoms with Crippen LogP contribution in [0, 0.1) is 19.8 Å². The average molecular weight is 564 g/mol. The van der Waals surface area contributed by atoms with Gasteiger partial charge in [0.05, 0.1) is 0 Å². The highest BCUT2D eigenvalue weighted by Gasteiger charge is 2.40. The topological polar surface area (TPSA) is 87.7 Å². The van der Waals surface area contributed by atoms with Gasteiger partial charge in [-0.2, -0.15) is 11.8 Å². The predicted molar refractivity (Wildman–Crippen MR) is 163 cm³/mol. The molecule has 2 N–H and O–H groups in total. The molecule has 1 aromatic rings. The number of ether oxygens (including phenoxy) is 1. The molecule has 0 saturated carbocycles. The summed E-state index contributed by atoms with van der Waals surface area (Å²) in [5.41, 5.74) is 1.63. The van der Waals surface area contributed by atoms with Crippen LogP contribution >= 0.6 is 11.8 Å². The van der Waals surface area contributed by atoms with Crippen LogP contribution < -0.4 is 10.6 Å². The van der Waals surface area contributed by atoms with Crippen molar-refractivity contribution in [3.8, 4) is 0 Å². The summed E-state index contributed by atoms with van der Waals surface area (Å²) in [7, 11) is 0. The van der Waals surface area contributed by atoms with E-state index in [4.69, 9.17) is 4.74 Å². The maximum atomic E-state index is 14.5. The highest BCUT2D eigenvalue weighted by atomic mass is 32.2. The van der Waals surface area contributed by atoms with E-state index in [9.17, 15) is 14.4 Å². The van der Waals surface area contributed by atoms with Crippen molar-refractivity contribution >= 4 is 29.7 Å². The van der Waals surface area contributed by atoms with Gasteiger partial charge in [0.2, 0.25) is 11.8 Å². The molecule has 0 aromatic heterocycles. The van der Waals surface area contributed by atoms with Crippen LogP contribution in [-0.2, 0) is 14.3 Å². The van der Waals surface area contributed by atoms with Gasteiger partial charge in [0.15, 0.2) is 0 Å². The molecule has 1 aromatic carbocycles. The Labute approximate surface area is 241 Å². The minimum Gasteiger partial charge on any atom is -0.444 e. The van der Waals surface area contributed by atoms with Crippen LogP contribution in [0.5, 0.6) is 0 Å². The molecule has 8 heteroatoms. The van der Waals surface area contributed by atoms with Gasteiger partial charge in [-0.15, -0.1) is 0 Å². The number of benzene rings is 1. The summed E-state index contributed by atoms with van der Waals surface area (Å²) in [6, 6.07) is 3.95. The molecule has 222 valence electrons. The number of thioether (sulfide) groups is 1. The molecule has 0 aliphatic heterocycles. The lowest BCUT2D eigenvalue weighted by Gasteiger charge is -2.40. The molecule has 39 heavy (non-hydrogen) atoms. The Kier molecular flexibility index (Phi) is 13.4. The summed E-state index contributed by atoms with van der Waals surface area (Å²) in [6.45, 7) is 21.5. The summed E-state index contributed by atoms with van der Waals surface area (Å²) in [4.78, 5) is 43.1. The van der Waals surface area contributed by atoms with Crippen molar-refractivity contribution in [2.45, 2.75) is 125 Å². The van der Waals surface area contributed by atoms with Gasteiger partial charge in [0.25, 0.3) is 0 Å². The monoisotopic (exact) mass is 563 g/mol. The van der Waals surface area contributed by atoms with Crippen LogP contribution in [0.2, 0.25) is 0 Å². The van der Waals surface area contributed by atoms with Gasteiger partial charge in [0.1, 0.15) is 17.7 Å².